The number of hydrogen-bond donors (Lipinski definition) is 2. The Labute approximate surface area is 198 Å². The predicted molar refractivity (Wildman–Crippen MR) is 132 cm³/mol. The molecule has 0 aromatic heterocycles. The van der Waals surface area contributed by atoms with Crippen molar-refractivity contribution < 1.29 is 19.4 Å². The van der Waals surface area contributed by atoms with Gasteiger partial charge in [0.25, 0.3) is 0 Å². The third-order valence-corrected chi connectivity index (χ3v) is 6.60. The molecule has 5 rings (SSSR count). The Bertz CT molecular complexity index is 1240. The van der Waals surface area contributed by atoms with Crippen molar-refractivity contribution in [1.29, 1.82) is 0 Å². The molecule has 3 aromatic carbocycles. The molecule has 34 heavy (non-hydrogen) atoms. The largest absolute Gasteiger partial charge is 0.511 e. The Kier molecular flexibility index (Phi) is 5.40. The van der Waals surface area contributed by atoms with Crippen molar-refractivity contribution in [2.45, 2.75) is 26.3 Å². The van der Waals surface area contributed by atoms with Crippen LogP contribution in [-0.4, -0.2) is 30.4 Å². The van der Waals surface area contributed by atoms with E-state index in [1.807, 2.05) is 58.3 Å². The Balaban J connectivity index is 1.40. The number of nitrogens with zero attached hydrogens (tertiary/aromatic N) is 2. The third-order valence-electron chi connectivity index (χ3n) is 6.60. The van der Waals surface area contributed by atoms with Crippen LogP contribution >= 0.6 is 0 Å². The molecule has 2 amide bonds. The molecule has 2 aliphatic heterocycles. The number of urea groups is 1. The zero-order chi connectivity index (χ0) is 23.9. The van der Waals surface area contributed by atoms with Crippen LogP contribution < -0.4 is 19.9 Å². The number of carbonyl (C=O) groups is 2. The first-order valence-electron chi connectivity index (χ1n) is 11.4. The number of carboxylic acid groups (broad SMARTS) is 1. The first-order valence-corrected chi connectivity index (χ1v) is 11.4. The van der Waals surface area contributed by atoms with Crippen molar-refractivity contribution in [2.24, 2.45) is 5.41 Å². The molecule has 0 radical (unpaired) electrons. The molecule has 2 aliphatic rings. The van der Waals surface area contributed by atoms with Gasteiger partial charge in [-0.1, -0.05) is 44.2 Å². The maximum absolute atomic E-state index is 13.2. The monoisotopic (exact) mass is 457 g/mol. The second-order valence-electron chi connectivity index (χ2n) is 9.45. The number of amides is 2. The summed E-state index contributed by atoms with van der Waals surface area (Å²) < 4.78 is 4.83. The standard InChI is InChI=1S/C27H27N3O4/c1-27(2)17-19-16-22(34-26(32)33)11-12-23(19)28-24(27)18-7-6-10-21(15-18)30-14-13-29(25(30)31)20-8-4-3-5-9-20/h3-12,15-16,24,28H,13-14,17H2,1-2H3,(H,32,33). The molecule has 0 saturated carbocycles. The molecule has 7 heteroatoms. The van der Waals surface area contributed by atoms with E-state index in [1.54, 1.807) is 12.1 Å². The van der Waals surface area contributed by atoms with Gasteiger partial charge in [-0.15, -0.1) is 0 Å². The van der Waals surface area contributed by atoms with Gasteiger partial charge >= 0.3 is 12.2 Å². The van der Waals surface area contributed by atoms with Crippen molar-refractivity contribution in [1.82, 2.24) is 0 Å². The topological polar surface area (TPSA) is 82.1 Å². The van der Waals surface area contributed by atoms with Crippen molar-refractivity contribution in [3.63, 3.8) is 0 Å². The van der Waals surface area contributed by atoms with E-state index in [9.17, 15) is 9.59 Å². The van der Waals surface area contributed by atoms with E-state index in [2.05, 4.69) is 31.3 Å². The van der Waals surface area contributed by atoms with Crippen molar-refractivity contribution in [2.75, 3.05) is 28.2 Å². The van der Waals surface area contributed by atoms with Crippen molar-refractivity contribution >= 4 is 29.2 Å². The maximum atomic E-state index is 13.2. The normalized spacial score (nSPS) is 18.9. The van der Waals surface area contributed by atoms with Crippen molar-refractivity contribution in [3.8, 4) is 5.75 Å². The highest BCUT2D eigenvalue weighted by molar-refractivity contribution is 6.06. The van der Waals surface area contributed by atoms with E-state index in [-0.39, 0.29) is 17.5 Å². The highest BCUT2D eigenvalue weighted by Gasteiger charge is 2.37. The number of ether oxygens (including phenoxy) is 1. The molecule has 0 spiro atoms. The van der Waals surface area contributed by atoms with Gasteiger partial charge in [0.1, 0.15) is 5.75 Å². The van der Waals surface area contributed by atoms with Crippen LogP contribution in [0.5, 0.6) is 5.75 Å². The number of anilines is 3. The van der Waals surface area contributed by atoms with Crippen LogP contribution in [0.1, 0.15) is 31.0 Å². The number of hydrogen-bond acceptors (Lipinski definition) is 4. The molecule has 2 N–H and O–H groups in total. The van der Waals surface area contributed by atoms with Crippen LogP contribution in [0.4, 0.5) is 26.7 Å². The highest BCUT2D eigenvalue weighted by atomic mass is 16.7. The van der Waals surface area contributed by atoms with E-state index in [0.717, 1.165) is 34.6 Å². The second-order valence-corrected chi connectivity index (χ2v) is 9.45. The molecule has 1 saturated heterocycles. The van der Waals surface area contributed by atoms with Gasteiger partial charge in [0.15, 0.2) is 0 Å². The minimum absolute atomic E-state index is 0.0180. The first-order chi connectivity index (χ1) is 16.3. The average Bonchev–Trinajstić information content (AvgIpc) is 3.19. The fourth-order valence-corrected chi connectivity index (χ4v) is 5.00. The summed E-state index contributed by atoms with van der Waals surface area (Å²) in [6.07, 6.45) is -0.564. The SMILES string of the molecule is CC1(C)Cc2cc(OC(=O)O)ccc2NC1c1cccc(N2CCN(c3ccccc3)C2=O)c1. The lowest BCUT2D eigenvalue weighted by Gasteiger charge is -2.41. The van der Waals surface area contributed by atoms with Crippen molar-refractivity contribution in [3.05, 3.63) is 83.9 Å². The number of rotatable bonds is 4. The Morgan fingerprint density at radius 2 is 1.68 bits per heavy atom. The van der Waals surface area contributed by atoms with Gasteiger partial charge in [-0.05, 0) is 65.4 Å². The van der Waals surface area contributed by atoms with Gasteiger partial charge in [-0.2, -0.15) is 0 Å². The van der Waals surface area contributed by atoms with Gasteiger partial charge in [-0.3, -0.25) is 9.80 Å². The first kappa shape index (κ1) is 21.8. The summed E-state index contributed by atoms with van der Waals surface area (Å²) in [5, 5.41) is 12.5. The lowest BCUT2D eigenvalue weighted by atomic mass is 9.73. The smallest absolute Gasteiger partial charge is 0.449 e. The number of fused-ring (bicyclic) bond motifs is 1. The lowest BCUT2D eigenvalue weighted by Crippen LogP contribution is -2.35. The molecule has 7 nitrogen and oxygen atoms in total. The van der Waals surface area contributed by atoms with E-state index in [0.29, 0.717) is 18.8 Å². The number of nitrogens with one attached hydrogen (secondary N) is 1. The molecule has 1 unspecified atom stereocenters. The quantitative estimate of drug-likeness (QED) is 0.375. The number of para-hydroxylation sites is 1. The summed E-state index contributed by atoms with van der Waals surface area (Å²) in [4.78, 5) is 27.7. The molecule has 0 aliphatic carbocycles. The van der Waals surface area contributed by atoms with Crippen LogP contribution in [0.25, 0.3) is 0 Å². The molecule has 3 aromatic rings. The van der Waals surface area contributed by atoms with Crippen LogP contribution in [0.15, 0.2) is 72.8 Å². The number of benzene rings is 3. The van der Waals surface area contributed by atoms with Crippen LogP contribution in [0.3, 0.4) is 0 Å². The van der Waals surface area contributed by atoms with Crippen LogP contribution in [-0.2, 0) is 6.42 Å². The van der Waals surface area contributed by atoms with E-state index >= 15 is 0 Å². The fourth-order valence-electron chi connectivity index (χ4n) is 5.00. The molecular weight excluding hydrogens is 430 g/mol. The van der Waals surface area contributed by atoms with E-state index in [4.69, 9.17) is 9.84 Å². The number of carbonyl (C=O) groups excluding carboxylic acids is 1. The van der Waals surface area contributed by atoms with E-state index < -0.39 is 6.16 Å². The van der Waals surface area contributed by atoms with Gasteiger partial charge < -0.3 is 15.2 Å². The summed E-state index contributed by atoms with van der Waals surface area (Å²) in [6.45, 7) is 5.65. The Hall–Kier alpha value is -4.00. The lowest BCUT2D eigenvalue weighted by molar-refractivity contribution is 0.144. The molecular formula is C27H27N3O4. The summed E-state index contributed by atoms with van der Waals surface area (Å²) >= 11 is 0. The molecule has 2 heterocycles. The van der Waals surface area contributed by atoms with Gasteiger partial charge in [0.05, 0.1) is 6.04 Å². The second kappa shape index (κ2) is 8.41. The summed E-state index contributed by atoms with van der Waals surface area (Å²) in [7, 11) is 0. The maximum Gasteiger partial charge on any atom is 0.511 e. The molecule has 1 atom stereocenters. The summed E-state index contributed by atoms with van der Waals surface area (Å²) in [5.41, 5.74) is 4.71. The minimum atomic E-state index is -1.32. The fraction of sp³-hybridized carbons (Fsp3) is 0.259. The molecule has 174 valence electrons. The van der Waals surface area contributed by atoms with Crippen LogP contribution in [0.2, 0.25) is 0 Å². The average molecular weight is 458 g/mol. The zero-order valence-corrected chi connectivity index (χ0v) is 19.2. The third kappa shape index (κ3) is 4.05. The Morgan fingerprint density at radius 1 is 0.971 bits per heavy atom. The predicted octanol–water partition coefficient (Wildman–Crippen LogP) is 5.93. The Morgan fingerprint density at radius 3 is 2.41 bits per heavy atom. The minimum Gasteiger partial charge on any atom is -0.449 e. The highest BCUT2D eigenvalue weighted by Crippen LogP contribution is 2.46. The van der Waals surface area contributed by atoms with Crippen LogP contribution in [0, 0.1) is 5.41 Å². The zero-order valence-electron chi connectivity index (χ0n) is 19.2. The van der Waals surface area contributed by atoms with E-state index in [1.165, 1.54) is 0 Å². The molecule has 0 bridgehead atoms. The van der Waals surface area contributed by atoms with Gasteiger partial charge in [0, 0.05) is 30.2 Å². The summed E-state index contributed by atoms with van der Waals surface area (Å²) in [6, 6.07) is 23.2. The summed E-state index contributed by atoms with van der Waals surface area (Å²) in [5.74, 6) is 0.319. The van der Waals surface area contributed by atoms with Gasteiger partial charge in [0.2, 0.25) is 0 Å². The molecule has 1 fully saturated rings. The van der Waals surface area contributed by atoms with Gasteiger partial charge in [-0.25, -0.2) is 9.59 Å².